The molecule has 0 aliphatic heterocycles. The van der Waals surface area contributed by atoms with Crippen molar-refractivity contribution in [1.29, 1.82) is 0 Å². The molecule has 62 valence electrons. The van der Waals surface area contributed by atoms with Gasteiger partial charge in [-0.05, 0) is 0 Å². The van der Waals surface area contributed by atoms with Crippen molar-refractivity contribution in [2.24, 2.45) is 0 Å². The summed E-state index contributed by atoms with van der Waals surface area (Å²) in [6.45, 7) is 0. The lowest BCUT2D eigenvalue weighted by molar-refractivity contribution is 0.404. The topological polar surface area (TPSA) is 84.3 Å². The summed E-state index contributed by atoms with van der Waals surface area (Å²) in [5, 5.41) is 18.2. The van der Waals surface area contributed by atoms with Crippen molar-refractivity contribution in [2.75, 3.05) is 5.84 Å². The van der Waals surface area contributed by atoms with Gasteiger partial charge in [0.25, 0.3) is 0 Å². The van der Waals surface area contributed by atoms with E-state index in [1.54, 1.807) is 0 Å². The van der Waals surface area contributed by atoms with Crippen molar-refractivity contribution < 1.29 is 10.2 Å². The van der Waals surface area contributed by atoms with E-state index >= 15 is 0 Å². The van der Waals surface area contributed by atoms with Gasteiger partial charge in [-0.25, -0.2) is 9.66 Å². The van der Waals surface area contributed by atoms with Crippen LogP contribution in [-0.4, -0.2) is 19.9 Å². The van der Waals surface area contributed by atoms with Crippen molar-refractivity contribution in [2.45, 2.75) is 0 Å². The summed E-state index contributed by atoms with van der Waals surface area (Å²) in [4.78, 5) is 3.89. The lowest BCUT2D eigenvalue weighted by Crippen LogP contribution is -2.04. The molecule has 0 atom stereocenters. The highest BCUT2D eigenvalue weighted by Gasteiger charge is 2.05. The van der Waals surface area contributed by atoms with E-state index in [1.165, 1.54) is 23.1 Å². The minimum Gasteiger partial charge on any atom is -0.504 e. The monoisotopic (exact) mass is 165 g/mol. The number of benzene rings is 1. The van der Waals surface area contributed by atoms with E-state index in [0.29, 0.717) is 11.0 Å². The van der Waals surface area contributed by atoms with E-state index in [9.17, 15) is 0 Å². The third kappa shape index (κ3) is 0.763. The van der Waals surface area contributed by atoms with Gasteiger partial charge in [0, 0.05) is 12.1 Å². The van der Waals surface area contributed by atoms with Gasteiger partial charge >= 0.3 is 0 Å². The first kappa shape index (κ1) is 6.78. The van der Waals surface area contributed by atoms with E-state index in [2.05, 4.69) is 4.98 Å². The Balaban J connectivity index is 2.87. The molecule has 0 amide bonds. The van der Waals surface area contributed by atoms with E-state index in [1.807, 2.05) is 0 Å². The molecule has 0 fully saturated rings. The highest BCUT2D eigenvalue weighted by atomic mass is 16.3. The number of hydrogen-bond donors (Lipinski definition) is 3. The van der Waals surface area contributed by atoms with E-state index in [-0.39, 0.29) is 11.5 Å². The van der Waals surface area contributed by atoms with Gasteiger partial charge in [-0.15, -0.1) is 0 Å². The first-order chi connectivity index (χ1) is 5.68. The second-order valence-electron chi connectivity index (χ2n) is 2.48. The molecule has 0 saturated heterocycles. The molecule has 0 aliphatic rings. The Morgan fingerprint density at radius 3 is 2.67 bits per heavy atom. The molecule has 0 unspecified atom stereocenters. The summed E-state index contributed by atoms with van der Waals surface area (Å²) < 4.78 is 1.27. The highest BCUT2D eigenvalue weighted by molar-refractivity contribution is 5.79. The fourth-order valence-corrected chi connectivity index (χ4v) is 1.05. The quantitative estimate of drug-likeness (QED) is 0.383. The van der Waals surface area contributed by atoms with Crippen LogP contribution in [0.1, 0.15) is 0 Å². The highest BCUT2D eigenvalue weighted by Crippen LogP contribution is 2.28. The van der Waals surface area contributed by atoms with Crippen LogP contribution in [0.15, 0.2) is 18.5 Å². The van der Waals surface area contributed by atoms with Gasteiger partial charge in [0.15, 0.2) is 11.5 Å². The summed E-state index contributed by atoms with van der Waals surface area (Å²) in [6, 6.07) is 2.71. The smallest absolute Gasteiger partial charge is 0.159 e. The van der Waals surface area contributed by atoms with Crippen LogP contribution in [0.3, 0.4) is 0 Å². The number of hydrogen-bond acceptors (Lipinski definition) is 4. The zero-order valence-electron chi connectivity index (χ0n) is 6.10. The van der Waals surface area contributed by atoms with Gasteiger partial charge in [-0.2, -0.15) is 0 Å². The summed E-state index contributed by atoms with van der Waals surface area (Å²) in [5.74, 6) is 5.06. The molecule has 2 rings (SSSR count). The predicted molar refractivity (Wildman–Crippen MR) is 43.2 cm³/mol. The molecular formula is C7H7N3O2. The number of phenolic OH excluding ortho intramolecular Hbond substituents is 2. The number of nitrogen functional groups attached to an aromatic ring is 1. The van der Waals surface area contributed by atoms with Crippen molar-refractivity contribution >= 4 is 11.0 Å². The lowest BCUT2D eigenvalue weighted by Gasteiger charge is -1.97. The largest absolute Gasteiger partial charge is 0.504 e. The molecule has 1 aromatic heterocycles. The van der Waals surface area contributed by atoms with Gasteiger partial charge in [0.05, 0.1) is 11.0 Å². The molecule has 5 nitrogen and oxygen atoms in total. The molecule has 5 heteroatoms. The number of nitrogens with zero attached hydrogens (tertiary/aromatic N) is 2. The lowest BCUT2D eigenvalue weighted by atomic mass is 10.3. The molecule has 12 heavy (non-hydrogen) atoms. The van der Waals surface area contributed by atoms with Crippen LogP contribution in [0.2, 0.25) is 0 Å². The van der Waals surface area contributed by atoms with E-state index < -0.39 is 0 Å². The van der Waals surface area contributed by atoms with E-state index in [0.717, 1.165) is 0 Å². The van der Waals surface area contributed by atoms with Crippen LogP contribution in [0, 0.1) is 0 Å². The number of imidazole rings is 1. The zero-order valence-corrected chi connectivity index (χ0v) is 6.10. The van der Waals surface area contributed by atoms with Gasteiger partial charge in [0.2, 0.25) is 0 Å². The van der Waals surface area contributed by atoms with Gasteiger partial charge in [-0.1, -0.05) is 0 Å². The maximum Gasteiger partial charge on any atom is 0.159 e. The summed E-state index contributed by atoms with van der Waals surface area (Å²) in [5.41, 5.74) is 1.12. The third-order valence-electron chi connectivity index (χ3n) is 1.67. The molecule has 4 N–H and O–H groups in total. The summed E-state index contributed by atoms with van der Waals surface area (Å²) in [7, 11) is 0. The fourth-order valence-electron chi connectivity index (χ4n) is 1.05. The maximum atomic E-state index is 9.11. The average Bonchev–Trinajstić information content (AvgIpc) is 2.35. The van der Waals surface area contributed by atoms with Gasteiger partial charge in [-0.3, -0.25) is 0 Å². The molecule has 0 saturated carbocycles. The summed E-state index contributed by atoms with van der Waals surface area (Å²) >= 11 is 0. The average molecular weight is 165 g/mol. The SMILES string of the molecule is Nn1cnc2cc(O)c(O)cc21. The Kier molecular flexibility index (Phi) is 1.15. The molecule has 0 spiro atoms. The predicted octanol–water partition coefficient (Wildman–Crippen LogP) is 0.161. The number of aromatic hydroxyl groups is 2. The fraction of sp³-hybridized carbons (Fsp3) is 0. The Morgan fingerprint density at radius 1 is 1.25 bits per heavy atom. The number of fused-ring (bicyclic) bond motifs is 1. The number of aromatic nitrogens is 2. The first-order valence-electron chi connectivity index (χ1n) is 3.32. The van der Waals surface area contributed by atoms with E-state index in [4.69, 9.17) is 16.1 Å². The van der Waals surface area contributed by atoms with Crippen LogP contribution >= 0.6 is 0 Å². The Morgan fingerprint density at radius 2 is 1.92 bits per heavy atom. The van der Waals surface area contributed by atoms with Crippen LogP contribution in [0.25, 0.3) is 11.0 Å². The molecule has 1 aromatic carbocycles. The van der Waals surface area contributed by atoms with Gasteiger partial charge < -0.3 is 16.1 Å². The summed E-state index contributed by atoms with van der Waals surface area (Å²) in [6.07, 6.45) is 1.41. The minimum atomic E-state index is -0.199. The molecular weight excluding hydrogens is 158 g/mol. The third-order valence-corrected chi connectivity index (χ3v) is 1.67. The zero-order chi connectivity index (χ0) is 8.72. The Bertz CT molecular complexity index is 435. The molecule has 2 aromatic rings. The molecule has 0 aliphatic carbocycles. The molecule has 1 heterocycles. The van der Waals surface area contributed by atoms with Crippen molar-refractivity contribution in [3.05, 3.63) is 18.5 Å². The molecule has 0 bridgehead atoms. The van der Waals surface area contributed by atoms with Crippen LogP contribution in [0.4, 0.5) is 0 Å². The Labute approximate surface area is 67.7 Å². The first-order valence-corrected chi connectivity index (χ1v) is 3.32. The van der Waals surface area contributed by atoms with Crippen molar-refractivity contribution in [1.82, 2.24) is 9.66 Å². The number of rotatable bonds is 0. The van der Waals surface area contributed by atoms with Crippen molar-refractivity contribution in [3.8, 4) is 11.5 Å². The molecule has 0 radical (unpaired) electrons. The maximum absolute atomic E-state index is 9.11. The van der Waals surface area contributed by atoms with Gasteiger partial charge in [0.1, 0.15) is 6.33 Å². The van der Waals surface area contributed by atoms with Crippen LogP contribution < -0.4 is 5.84 Å². The van der Waals surface area contributed by atoms with Crippen LogP contribution in [-0.2, 0) is 0 Å². The minimum absolute atomic E-state index is 0.193. The van der Waals surface area contributed by atoms with Crippen LogP contribution in [0.5, 0.6) is 11.5 Å². The normalized spacial score (nSPS) is 10.7. The number of phenols is 2. The number of nitrogens with two attached hydrogens (primary N) is 1. The van der Waals surface area contributed by atoms with Crippen molar-refractivity contribution in [3.63, 3.8) is 0 Å². The second-order valence-corrected chi connectivity index (χ2v) is 2.48. The standard InChI is InChI=1S/C7H7N3O2/c8-10-3-9-4-1-6(11)7(12)2-5(4)10/h1-3,11-12H,8H2. The second kappa shape index (κ2) is 2.04. The Hall–Kier alpha value is -1.91.